The van der Waals surface area contributed by atoms with Gasteiger partial charge in [0.15, 0.2) is 0 Å². The van der Waals surface area contributed by atoms with Gasteiger partial charge in [-0.15, -0.1) is 0 Å². The number of aryl methyl sites for hydroxylation is 2. The lowest BCUT2D eigenvalue weighted by Crippen LogP contribution is -2.04. The average molecular weight is 254 g/mol. The molecule has 2 aromatic rings. The van der Waals surface area contributed by atoms with E-state index in [2.05, 4.69) is 66.9 Å². The quantitative estimate of drug-likeness (QED) is 0.835. The number of hydrogen-bond acceptors (Lipinski definition) is 2. The van der Waals surface area contributed by atoms with E-state index in [0.717, 1.165) is 18.7 Å². The third-order valence-electron chi connectivity index (χ3n) is 3.45. The van der Waals surface area contributed by atoms with Crippen molar-refractivity contribution in [3.05, 3.63) is 59.2 Å². The molecular formula is C17H22N2. The van der Waals surface area contributed by atoms with Gasteiger partial charge in [0.1, 0.15) is 0 Å². The molecule has 2 nitrogen and oxygen atoms in total. The predicted octanol–water partition coefficient (Wildman–Crippen LogP) is 4.21. The normalized spacial score (nSPS) is 10.3. The van der Waals surface area contributed by atoms with E-state index in [4.69, 9.17) is 0 Å². The molecule has 0 radical (unpaired) electrons. The van der Waals surface area contributed by atoms with Crippen molar-refractivity contribution in [2.24, 2.45) is 0 Å². The van der Waals surface area contributed by atoms with Gasteiger partial charge >= 0.3 is 0 Å². The van der Waals surface area contributed by atoms with Crippen LogP contribution in [0.5, 0.6) is 0 Å². The van der Waals surface area contributed by atoms with Gasteiger partial charge in [0.05, 0.1) is 0 Å². The van der Waals surface area contributed by atoms with Crippen LogP contribution in [0.3, 0.4) is 0 Å². The van der Waals surface area contributed by atoms with Crippen molar-refractivity contribution >= 4 is 11.4 Å². The lowest BCUT2D eigenvalue weighted by atomic mass is 10.1. The minimum Gasteiger partial charge on any atom is -0.388 e. The van der Waals surface area contributed by atoms with Crippen LogP contribution in [0.1, 0.15) is 23.6 Å². The Kier molecular flexibility index (Phi) is 4.45. The third-order valence-corrected chi connectivity index (χ3v) is 3.45. The van der Waals surface area contributed by atoms with E-state index >= 15 is 0 Å². The third kappa shape index (κ3) is 3.28. The average Bonchev–Trinajstić information content (AvgIpc) is 2.46. The molecule has 100 valence electrons. The maximum absolute atomic E-state index is 3.57. The van der Waals surface area contributed by atoms with Crippen molar-refractivity contribution < 1.29 is 0 Å². The Morgan fingerprint density at radius 2 is 1.74 bits per heavy atom. The van der Waals surface area contributed by atoms with Gasteiger partial charge in [-0.05, 0) is 42.2 Å². The molecule has 0 bridgehead atoms. The first-order chi connectivity index (χ1) is 9.24. The van der Waals surface area contributed by atoms with E-state index in [1.165, 1.54) is 22.4 Å². The molecule has 2 heteroatoms. The highest BCUT2D eigenvalue weighted by molar-refractivity contribution is 5.57. The van der Waals surface area contributed by atoms with Gasteiger partial charge in [-0.1, -0.05) is 37.3 Å². The van der Waals surface area contributed by atoms with Crippen LogP contribution >= 0.6 is 0 Å². The first-order valence-corrected chi connectivity index (χ1v) is 6.83. The lowest BCUT2D eigenvalue weighted by Gasteiger charge is -2.14. The number of para-hydroxylation sites is 1. The summed E-state index contributed by atoms with van der Waals surface area (Å²) in [5.74, 6) is 0. The summed E-state index contributed by atoms with van der Waals surface area (Å²) in [6.45, 7) is 5.22. The Morgan fingerprint density at radius 1 is 1.00 bits per heavy atom. The van der Waals surface area contributed by atoms with Gasteiger partial charge in [-0.2, -0.15) is 0 Å². The fourth-order valence-corrected chi connectivity index (χ4v) is 2.26. The first kappa shape index (κ1) is 13.5. The fourth-order valence-electron chi connectivity index (χ4n) is 2.26. The Hall–Kier alpha value is -1.96. The predicted molar refractivity (Wildman–Crippen MR) is 83.9 cm³/mol. The summed E-state index contributed by atoms with van der Waals surface area (Å²) in [5, 5.41) is 6.70. The van der Waals surface area contributed by atoms with Gasteiger partial charge in [0.2, 0.25) is 0 Å². The Labute approximate surface area is 115 Å². The van der Waals surface area contributed by atoms with Crippen molar-refractivity contribution in [2.45, 2.75) is 26.8 Å². The van der Waals surface area contributed by atoms with E-state index in [1.807, 2.05) is 7.05 Å². The molecular weight excluding hydrogens is 232 g/mol. The van der Waals surface area contributed by atoms with Crippen LogP contribution in [0.25, 0.3) is 0 Å². The smallest absolute Gasteiger partial charge is 0.0404 e. The Morgan fingerprint density at radius 3 is 2.37 bits per heavy atom. The van der Waals surface area contributed by atoms with Crippen LogP contribution in [-0.2, 0) is 13.0 Å². The van der Waals surface area contributed by atoms with E-state index in [-0.39, 0.29) is 0 Å². The summed E-state index contributed by atoms with van der Waals surface area (Å²) < 4.78 is 0. The van der Waals surface area contributed by atoms with Crippen molar-refractivity contribution in [1.29, 1.82) is 0 Å². The van der Waals surface area contributed by atoms with Crippen LogP contribution in [0.15, 0.2) is 42.5 Å². The second kappa shape index (κ2) is 6.28. The summed E-state index contributed by atoms with van der Waals surface area (Å²) in [5.41, 5.74) is 6.42. The molecule has 2 aromatic carbocycles. The number of anilines is 2. The highest BCUT2D eigenvalue weighted by Gasteiger charge is 2.03. The van der Waals surface area contributed by atoms with Crippen LogP contribution in [0, 0.1) is 6.92 Å². The highest BCUT2D eigenvalue weighted by Crippen LogP contribution is 2.22. The summed E-state index contributed by atoms with van der Waals surface area (Å²) in [7, 11) is 1.94. The molecule has 0 aliphatic carbocycles. The van der Waals surface area contributed by atoms with Crippen LogP contribution < -0.4 is 10.6 Å². The van der Waals surface area contributed by atoms with Crippen molar-refractivity contribution in [3.8, 4) is 0 Å². The SMILES string of the molecule is CCc1cccc(C)c1NCc1ccc(NC)cc1. The Balaban J connectivity index is 2.09. The van der Waals surface area contributed by atoms with Crippen LogP contribution in [0.4, 0.5) is 11.4 Å². The molecule has 0 spiro atoms. The van der Waals surface area contributed by atoms with Gasteiger partial charge in [-0.3, -0.25) is 0 Å². The standard InChI is InChI=1S/C17H22N2/c1-4-15-7-5-6-13(2)17(15)19-12-14-8-10-16(18-3)11-9-14/h5-11,18-19H,4,12H2,1-3H3. The van der Waals surface area contributed by atoms with E-state index in [1.54, 1.807) is 0 Å². The topological polar surface area (TPSA) is 24.1 Å². The fraction of sp³-hybridized carbons (Fsp3) is 0.294. The molecule has 0 amide bonds. The molecule has 0 fully saturated rings. The van der Waals surface area contributed by atoms with Crippen molar-refractivity contribution in [1.82, 2.24) is 0 Å². The summed E-state index contributed by atoms with van der Waals surface area (Å²) >= 11 is 0. The van der Waals surface area contributed by atoms with Gasteiger partial charge in [-0.25, -0.2) is 0 Å². The number of nitrogens with one attached hydrogen (secondary N) is 2. The van der Waals surface area contributed by atoms with E-state index in [0.29, 0.717) is 0 Å². The summed E-state index contributed by atoms with van der Waals surface area (Å²) in [4.78, 5) is 0. The zero-order valence-electron chi connectivity index (χ0n) is 12.0. The number of rotatable bonds is 5. The summed E-state index contributed by atoms with van der Waals surface area (Å²) in [6, 6.07) is 15.0. The molecule has 0 atom stereocenters. The second-order valence-electron chi connectivity index (χ2n) is 4.76. The Bertz CT molecular complexity index is 529. The van der Waals surface area contributed by atoms with E-state index < -0.39 is 0 Å². The number of hydrogen-bond donors (Lipinski definition) is 2. The minimum atomic E-state index is 0.863. The monoisotopic (exact) mass is 254 g/mol. The molecule has 0 saturated heterocycles. The molecule has 0 aliphatic heterocycles. The minimum absolute atomic E-state index is 0.863. The van der Waals surface area contributed by atoms with Crippen molar-refractivity contribution in [3.63, 3.8) is 0 Å². The van der Waals surface area contributed by atoms with Crippen LogP contribution in [-0.4, -0.2) is 7.05 Å². The molecule has 0 unspecified atom stereocenters. The van der Waals surface area contributed by atoms with Crippen molar-refractivity contribution in [2.75, 3.05) is 17.7 Å². The molecule has 0 aromatic heterocycles. The van der Waals surface area contributed by atoms with Gasteiger partial charge in [0.25, 0.3) is 0 Å². The highest BCUT2D eigenvalue weighted by atomic mass is 14.9. The zero-order valence-corrected chi connectivity index (χ0v) is 12.0. The maximum Gasteiger partial charge on any atom is 0.0404 e. The molecule has 19 heavy (non-hydrogen) atoms. The number of benzene rings is 2. The zero-order chi connectivity index (χ0) is 13.7. The molecule has 2 rings (SSSR count). The molecule has 0 heterocycles. The lowest BCUT2D eigenvalue weighted by molar-refractivity contribution is 1.08. The van der Waals surface area contributed by atoms with E-state index in [9.17, 15) is 0 Å². The van der Waals surface area contributed by atoms with Crippen LogP contribution in [0.2, 0.25) is 0 Å². The van der Waals surface area contributed by atoms with Gasteiger partial charge < -0.3 is 10.6 Å². The second-order valence-corrected chi connectivity index (χ2v) is 4.76. The largest absolute Gasteiger partial charge is 0.388 e. The molecule has 0 saturated carbocycles. The maximum atomic E-state index is 3.57. The first-order valence-electron chi connectivity index (χ1n) is 6.83. The molecule has 2 N–H and O–H groups in total. The van der Waals surface area contributed by atoms with Gasteiger partial charge in [0, 0.05) is 25.0 Å². The summed E-state index contributed by atoms with van der Waals surface area (Å²) in [6.07, 6.45) is 1.06. The molecule has 0 aliphatic rings.